The van der Waals surface area contributed by atoms with Crippen molar-refractivity contribution in [2.24, 2.45) is 5.16 Å². The number of ether oxygens (including phenoxy) is 2. The normalized spacial score (nSPS) is 15.8. The zero-order chi connectivity index (χ0) is 18.7. The molecule has 0 saturated heterocycles. The number of oxime groups is 1. The second-order valence-electron chi connectivity index (χ2n) is 5.49. The van der Waals surface area contributed by atoms with Gasteiger partial charge in [0, 0.05) is 29.1 Å². The SMILES string of the molecule is COc1cc(NC(=O)[C@H]2CC(c3ccccc3Cl)=NO2)c(OC)cc1Cl. The van der Waals surface area contributed by atoms with E-state index in [1.165, 1.54) is 14.2 Å². The zero-order valence-electron chi connectivity index (χ0n) is 14.1. The van der Waals surface area contributed by atoms with Crippen LogP contribution in [0.25, 0.3) is 0 Å². The predicted molar refractivity (Wildman–Crippen MR) is 101 cm³/mol. The number of hydrogen-bond donors (Lipinski definition) is 1. The Balaban J connectivity index is 1.73. The van der Waals surface area contributed by atoms with Crippen LogP contribution in [0.15, 0.2) is 41.6 Å². The third-order valence-corrected chi connectivity index (χ3v) is 4.50. The van der Waals surface area contributed by atoms with Gasteiger partial charge in [-0.05, 0) is 6.07 Å². The first-order chi connectivity index (χ1) is 12.5. The summed E-state index contributed by atoms with van der Waals surface area (Å²) in [5, 5.41) is 7.69. The molecule has 0 aliphatic carbocycles. The zero-order valence-corrected chi connectivity index (χ0v) is 15.6. The molecule has 6 nitrogen and oxygen atoms in total. The van der Waals surface area contributed by atoms with Crippen LogP contribution in [-0.2, 0) is 9.63 Å². The van der Waals surface area contributed by atoms with Gasteiger partial charge in [-0.25, -0.2) is 0 Å². The summed E-state index contributed by atoms with van der Waals surface area (Å²) in [5.74, 6) is 0.469. The molecule has 1 atom stereocenters. The predicted octanol–water partition coefficient (Wildman–Crippen LogP) is 4.14. The first kappa shape index (κ1) is 18.4. The highest BCUT2D eigenvalue weighted by atomic mass is 35.5. The van der Waals surface area contributed by atoms with Crippen LogP contribution >= 0.6 is 23.2 Å². The number of carbonyl (C=O) groups is 1. The van der Waals surface area contributed by atoms with Crippen molar-refractivity contribution in [2.45, 2.75) is 12.5 Å². The maximum atomic E-state index is 12.6. The fourth-order valence-electron chi connectivity index (χ4n) is 2.54. The highest BCUT2D eigenvalue weighted by Crippen LogP contribution is 2.36. The topological polar surface area (TPSA) is 69.2 Å². The molecule has 0 aromatic heterocycles. The van der Waals surface area contributed by atoms with Crippen LogP contribution in [0.4, 0.5) is 5.69 Å². The number of carbonyl (C=O) groups excluding carboxylic acids is 1. The van der Waals surface area contributed by atoms with Gasteiger partial charge in [-0.15, -0.1) is 0 Å². The lowest BCUT2D eigenvalue weighted by atomic mass is 10.0. The molecule has 1 aliphatic rings. The van der Waals surface area contributed by atoms with Gasteiger partial charge in [0.15, 0.2) is 0 Å². The molecule has 1 amide bonds. The van der Waals surface area contributed by atoms with E-state index in [0.717, 1.165) is 5.56 Å². The van der Waals surface area contributed by atoms with Gasteiger partial charge in [0.05, 0.1) is 30.6 Å². The Kier molecular flexibility index (Phi) is 5.54. The van der Waals surface area contributed by atoms with Gasteiger partial charge in [0.2, 0.25) is 6.10 Å². The van der Waals surface area contributed by atoms with Gasteiger partial charge < -0.3 is 19.6 Å². The minimum Gasteiger partial charge on any atom is -0.495 e. The summed E-state index contributed by atoms with van der Waals surface area (Å²) in [4.78, 5) is 17.8. The Morgan fingerprint density at radius 2 is 1.88 bits per heavy atom. The Labute approximate surface area is 160 Å². The molecule has 0 fully saturated rings. The van der Waals surface area contributed by atoms with E-state index in [0.29, 0.717) is 39.4 Å². The van der Waals surface area contributed by atoms with Crippen molar-refractivity contribution < 1.29 is 19.1 Å². The number of nitrogens with zero attached hydrogens (tertiary/aromatic N) is 1. The van der Waals surface area contributed by atoms with E-state index in [4.69, 9.17) is 37.5 Å². The molecule has 0 saturated carbocycles. The molecule has 1 aliphatic heterocycles. The maximum absolute atomic E-state index is 12.6. The van der Waals surface area contributed by atoms with Crippen molar-refractivity contribution in [3.63, 3.8) is 0 Å². The van der Waals surface area contributed by atoms with Crippen LogP contribution in [0.1, 0.15) is 12.0 Å². The van der Waals surface area contributed by atoms with Crippen molar-refractivity contribution in [2.75, 3.05) is 19.5 Å². The van der Waals surface area contributed by atoms with Crippen LogP contribution in [0.2, 0.25) is 10.0 Å². The van der Waals surface area contributed by atoms with Crippen molar-refractivity contribution in [1.82, 2.24) is 0 Å². The first-order valence-electron chi connectivity index (χ1n) is 7.73. The summed E-state index contributed by atoms with van der Waals surface area (Å²) < 4.78 is 10.4. The quantitative estimate of drug-likeness (QED) is 0.826. The summed E-state index contributed by atoms with van der Waals surface area (Å²) in [6.45, 7) is 0. The van der Waals surface area contributed by atoms with Gasteiger partial charge in [0.25, 0.3) is 5.91 Å². The molecule has 8 heteroatoms. The fourth-order valence-corrected chi connectivity index (χ4v) is 3.02. The Bertz CT molecular complexity index is 870. The molecule has 2 aromatic rings. The number of rotatable bonds is 5. The number of benzene rings is 2. The third kappa shape index (κ3) is 3.71. The molecule has 0 bridgehead atoms. The summed E-state index contributed by atoms with van der Waals surface area (Å²) in [5.41, 5.74) is 1.79. The largest absolute Gasteiger partial charge is 0.495 e. The highest BCUT2D eigenvalue weighted by Gasteiger charge is 2.30. The number of hydrogen-bond acceptors (Lipinski definition) is 5. The molecule has 26 heavy (non-hydrogen) atoms. The monoisotopic (exact) mass is 394 g/mol. The molecular formula is C18H16Cl2N2O4. The van der Waals surface area contributed by atoms with Gasteiger partial charge in [-0.1, -0.05) is 46.6 Å². The fraction of sp³-hybridized carbons (Fsp3) is 0.222. The van der Waals surface area contributed by atoms with Gasteiger partial charge in [0.1, 0.15) is 11.5 Å². The Morgan fingerprint density at radius 1 is 1.15 bits per heavy atom. The van der Waals surface area contributed by atoms with Gasteiger partial charge >= 0.3 is 0 Å². The summed E-state index contributed by atoms with van der Waals surface area (Å²) in [7, 11) is 2.97. The number of nitrogens with one attached hydrogen (secondary N) is 1. The molecular weight excluding hydrogens is 379 g/mol. The number of methoxy groups -OCH3 is 2. The third-order valence-electron chi connectivity index (χ3n) is 3.88. The van der Waals surface area contributed by atoms with E-state index in [-0.39, 0.29) is 5.91 Å². The van der Waals surface area contributed by atoms with Gasteiger partial charge in [-0.3, -0.25) is 4.79 Å². The molecule has 0 radical (unpaired) electrons. The highest BCUT2D eigenvalue weighted by molar-refractivity contribution is 6.34. The lowest BCUT2D eigenvalue weighted by Gasteiger charge is -2.14. The second-order valence-corrected chi connectivity index (χ2v) is 6.31. The summed E-state index contributed by atoms with van der Waals surface area (Å²) >= 11 is 12.2. The average Bonchev–Trinajstić information content (AvgIpc) is 3.13. The van der Waals surface area contributed by atoms with Crippen LogP contribution in [-0.4, -0.2) is 31.9 Å². The van der Waals surface area contributed by atoms with E-state index in [2.05, 4.69) is 10.5 Å². The Hall–Kier alpha value is -2.44. The van der Waals surface area contributed by atoms with Crippen molar-refractivity contribution in [3.05, 3.63) is 52.0 Å². The molecule has 2 aromatic carbocycles. The van der Waals surface area contributed by atoms with Crippen molar-refractivity contribution in [1.29, 1.82) is 0 Å². The standard InChI is InChI=1S/C18H16Cl2N2O4/c1-24-15-9-14(16(25-2)7-12(15)20)21-18(23)17-8-13(22-26-17)10-5-3-4-6-11(10)19/h3-7,9,17H,8H2,1-2H3,(H,21,23)/t17-/m1/s1. The number of halogens is 2. The molecule has 0 spiro atoms. The van der Waals surface area contributed by atoms with Crippen molar-refractivity contribution >= 4 is 40.5 Å². The molecule has 1 N–H and O–H groups in total. The summed E-state index contributed by atoms with van der Waals surface area (Å²) in [6.07, 6.45) is -0.463. The lowest BCUT2D eigenvalue weighted by molar-refractivity contribution is -0.125. The molecule has 1 heterocycles. The second kappa shape index (κ2) is 7.85. The van der Waals surface area contributed by atoms with Crippen molar-refractivity contribution in [3.8, 4) is 11.5 Å². The van der Waals surface area contributed by atoms with E-state index >= 15 is 0 Å². The van der Waals surface area contributed by atoms with Crippen LogP contribution in [0, 0.1) is 0 Å². The van der Waals surface area contributed by atoms with Crippen LogP contribution in [0.3, 0.4) is 0 Å². The smallest absolute Gasteiger partial charge is 0.268 e. The van der Waals surface area contributed by atoms with E-state index in [9.17, 15) is 4.79 Å². The molecule has 3 rings (SSSR count). The van der Waals surface area contributed by atoms with Crippen LogP contribution < -0.4 is 14.8 Å². The van der Waals surface area contributed by atoms with E-state index < -0.39 is 6.10 Å². The minimum absolute atomic E-state index is 0.308. The van der Waals surface area contributed by atoms with Gasteiger partial charge in [-0.2, -0.15) is 0 Å². The molecule has 0 unspecified atom stereocenters. The number of amides is 1. The lowest BCUT2D eigenvalue weighted by Crippen LogP contribution is -2.28. The van der Waals surface area contributed by atoms with Crippen LogP contribution in [0.5, 0.6) is 11.5 Å². The first-order valence-corrected chi connectivity index (χ1v) is 8.49. The molecule has 136 valence electrons. The average molecular weight is 395 g/mol. The summed E-state index contributed by atoms with van der Waals surface area (Å²) in [6, 6.07) is 10.4. The minimum atomic E-state index is -0.771. The maximum Gasteiger partial charge on any atom is 0.268 e. The van der Waals surface area contributed by atoms with E-state index in [1.807, 2.05) is 18.2 Å². The Morgan fingerprint density at radius 3 is 2.58 bits per heavy atom. The van der Waals surface area contributed by atoms with E-state index in [1.54, 1.807) is 18.2 Å². The number of anilines is 1.